The van der Waals surface area contributed by atoms with Crippen LogP contribution >= 0.6 is 23.2 Å². The van der Waals surface area contributed by atoms with Crippen LogP contribution in [-0.2, 0) is 38.8 Å². The van der Waals surface area contributed by atoms with Gasteiger partial charge >= 0.3 is 12.2 Å². The van der Waals surface area contributed by atoms with Crippen LogP contribution in [0.1, 0.15) is 84.6 Å². The Hall–Kier alpha value is -7.04. The molecule has 0 spiro atoms. The number of halogens is 2. The molecule has 4 amide bonds. The lowest BCUT2D eigenvalue weighted by Crippen LogP contribution is -2.43. The molecular weight excluding hydrogens is 899 g/mol. The van der Waals surface area contributed by atoms with E-state index in [4.69, 9.17) is 52.1 Å². The van der Waals surface area contributed by atoms with Crippen molar-refractivity contribution in [1.82, 2.24) is 40.4 Å². The van der Waals surface area contributed by atoms with Crippen molar-refractivity contribution in [1.29, 1.82) is 0 Å². The Kier molecular flexibility index (Phi) is 13.1. The van der Waals surface area contributed by atoms with E-state index in [9.17, 15) is 19.2 Å². The summed E-state index contributed by atoms with van der Waals surface area (Å²) in [5.41, 5.74) is 7.27. The molecule has 0 bridgehead atoms. The summed E-state index contributed by atoms with van der Waals surface area (Å²) in [7, 11) is 2.52. The first-order chi connectivity index (χ1) is 32.5. The summed E-state index contributed by atoms with van der Waals surface area (Å²) in [6.45, 7) is 3.52. The molecule has 6 aromatic rings. The molecule has 3 unspecified atom stereocenters. The number of hydrogen-bond donors (Lipinski definition) is 4. The molecule has 3 aliphatic heterocycles. The number of likely N-dealkylation sites (tertiary alicyclic amines) is 1. The zero-order chi connectivity index (χ0) is 46.8. The van der Waals surface area contributed by atoms with E-state index in [1.54, 1.807) is 34.1 Å². The number of unbranched alkanes of at least 4 members (excludes halogenated alkanes) is 1. The minimum atomic E-state index is -0.975. The molecule has 5 heterocycles. The number of alkyl carbamates (subject to hydrolysis) is 2. The topological polar surface area (TPSA) is 193 Å². The molecule has 3 aliphatic rings. The fraction of sp³-hybridized carbons (Fsp3) is 0.306. The van der Waals surface area contributed by atoms with Crippen LogP contribution in [0.5, 0.6) is 11.5 Å². The van der Waals surface area contributed by atoms with Gasteiger partial charge in [0.05, 0.1) is 26.8 Å². The number of methoxy groups -OCH3 is 2. The predicted octanol–water partition coefficient (Wildman–Crippen LogP) is 9.21. The zero-order valence-corrected chi connectivity index (χ0v) is 38.5. The molecule has 16 nitrogen and oxygen atoms in total. The lowest BCUT2D eigenvalue weighted by Gasteiger charge is -2.30. The van der Waals surface area contributed by atoms with Crippen LogP contribution in [-0.4, -0.2) is 81.0 Å². The molecule has 4 N–H and O–H groups in total. The van der Waals surface area contributed by atoms with Crippen LogP contribution in [0.3, 0.4) is 0 Å². The molecule has 2 aromatic heterocycles. The number of benzene rings is 4. The Labute approximate surface area is 396 Å². The number of amides is 4. The second kappa shape index (κ2) is 19.4. The van der Waals surface area contributed by atoms with Crippen molar-refractivity contribution in [3.8, 4) is 45.1 Å². The van der Waals surface area contributed by atoms with Crippen molar-refractivity contribution in [2.75, 3.05) is 27.3 Å². The molecule has 346 valence electrons. The number of carbonyl (C=O) groups excluding carboxylic acids is 4. The highest BCUT2D eigenvalue weighted by Crippen LogP contribution is 2.51. The molecule has 18 heteroatoms. The van der Waals surface area contributed by atoms with Gasteiger partial charge in [0, 0.05) is 46.5 Å². The van der Waals surface area contributed by atoms with Crippen molar-refractivity contribution >= 4 is 47.2 Å². The first kappa shape index (κ1) is 45.1. The SMILES string of the molecule is CCCCN(Cc1nc(-c2cc3c4c(c2)OCc2cc(-c5nc(C6CCCN6C(=O)C(NC(=O)OC)c6ccccc6)[nH]c5Cl)cc(c2-4)OC3)c(Cl)[nH]1)C(=O)C(NC(=O)OC)c1ccccc1. The lowest BCUT2D eigenvalue weighted by atomic mass is 9.87. The van der Waals surface area contributed by atoms with Crippen LogP contribution in [0.25, 0.3) is 33.6 Å². The molecule has 0 radical (unpaired) electrons. The maximum Gasteiger partial charge on any atom is 0.407 e. The molecule has 4 aromatic carbocycles. The van der Waals surface area contributed by atoms with Gasteiger partial charge in [-0.1, -0.05) is 97.2 Å². The van der Waals surface area contributed by atoms with Gasteiger partial charge in [-0.05, 0) is 54.7 Å². The van der Waals surface area contributed by atoms with Crippen molar-refractivity contribution in [3.63, 3.8) is 0 Å². The number of hydrogen-bond acceptors (Lipinski definition) is 10. The van der Waals surface area contributed by atoms with Gasteiger partial charge in [-0.15, -0.1) is 0 Å². The fourth-order valence-electron chi connectivity index (χ4n) is 9.02. The second-order valence-electron chi connectivity index (χ2n) is 16.5. The van der Waals surface area contributed by atoms with E-state index in [-0.39, 0.29) is 31.6 Å². The Morgan fingerprint density at radius 3 is 1.93 bits per heavy atom. The summed E-state index contributed by atoms with van der Waals surface area (Å²) in [5, 5.41) is 6.00. The quantitative estimate of drug-likeness (QED) is 0.0818. The third-order valence-corrected chi connectivity index (χ3v) is 12.8. The molecule has 9 rings (SSSR count). The number of imidazole rings is 2. The Morgan fingerprint density at radius 1 is 0.791 bits per heavy atom. The largest absolute Gasteiger partial charge is 0.488 e. The summed E-state index contributed by atoms with van der Waals surface area (Å²) >= 11 is 13.8. The number of carbonyl (C=O) groups is 4. The highest BCUT2D eigenvalue weighted by Gasteiger charge is 2.38. The number of nitrogens with one attached hydrogen (secondary N) is 4. The second-order valence-corrected chi connectivity index (χ2v) is 17.2. The average molecular weight is 948 g/mol. The van der Waals surface area contributed by atoms with Crippen LogP contribution in [0, 0.1) is 0 Å². The van der Waals surface area contributed by atoms with Crippen LogP contribution in [0.4, 0.5) is 9.59 Å². The minimum absolute atomic E-state index is 0.114. The van der Waals surface area contributed by atoms with E-state index < -0.39 is 30.3 Å². The maximum atomic E-state index is 14.1. The van der Waals surface area contributed by atoms with Gasteiger partial charge in [0.1, 0.15) is 70.1 Å². The number of aromatic amines is 2. The van der Waals surface area contributed by atoms with Gasteiger partial charge in [-0.2, -0.15) is 0 Å². The zero-order valence-electron chi connectivity index (χ0n) is 37.0. The van der Waals surface area contributed by atoms with Crippen LogP contribution in [0.2, 0.25) is 10.3 Å². The highest BCUT2D eigenvalue weighted by atomic mass is 35.5. The van der Waals surface area contributed by atoms with Crippen molar-refractivity contribution in [2.45, 2.75) is 70.5 Å². The summed E-state index contributed by atoms with van der Waals surface area (Å²) in [5.74, 6) is 1.71. The first-order valence-electron chi connectivity index (χ1n) is 22.0. The van der Waals surface area contributed by atoms with Gasteiger partial charge in [0.2, 0.25) is 5.91 Å². The molecule has 1 saturated heterocycles. The minimum Gasteiger partial charge on any atom is -0.488 e. The molecule has 1 fully saturated rings. The molecule has 0 saturated carbocycles. The van der Waals surface area contributed by atoms with Crippen molar-refractivity contribution < 1.29 is 38.1 Å². The lowest BCUT2D eigenvalue weighted by molar-refractivity contribution is -0.135. The molecular formula is C49H48Cl2N8O8. The fourth-order valence-corrected chi connectivity index (χ4v) is 9.52. The third-order valence-electron chi connectivity index (χ3n) is 12.3. The number of aromatic nitrogens is 4. The predicted molar refractivity (Wildman–Crippen MR) is 249 cm³/mol. The van der Waals surface area contributed by atoms with E-state index in [0.29, 0.717) is 81.0 Å². The Balaban J connectivity index is 0.962. The standard InChI is InChI=1S/C49H48Cl2N8O8/c1-4-5-18-58(46(60)41(55-48(62)64-2)27-13-8-6-9-14-27)24-36-52-39(43(50)53-36)29-20-31-25-67-35-23-30(21-32-26-66-34(22-29)37(31)38(32)35)40-44(51)57-45(54-40)33-17-12-19-59(33)47(61)42(56-49(63)65-3)28-15-10-7-11-16-28/h6-11,13-16,20-23,33,41-42H,4-5,12,17-19,24-26H2,1-3H3,(H,52,53)(H,54,57)(H,55,62)(H,56,63). The number of ether oxygens (including phenoxy) is 4. The Morgan fingerprint density at radius 2 is 1.34 bits per heavy atom. The number of H-pyrrole nitrogens is 2. The molecule has 0 aliphatic carbocycles. The third kappa shape index (κ3) is 9.10. The summed E-state index contributed by atoms with van der Waals surface area (Å²) in [6, 6.07) is 23.5. The van der Waals surface area contributed by atoms with E-state index in [1.165, 1.54) is 14.2 Å². The van der Waals surface area contributed by atoms with Gasteiger partial charge in [0.15, 0.2) is 0 Å². The van der Waals surface area contributed by atoms with Gasteiger partial charge in [-0.3, -0.25) is 9.59 Å². The average Bonchev–Trinajstić information content (AvgIpc) is 4.10. The van der Waals surface area contributed by atoms with Gasteiger partial charge in [0.25, 0.3) is 5.91 Å². The number of rotatable bonds is 14. The van der Waals surface area contributed by atoms with E-state index in [2.05, 4.69) is 20.6 Å². The molecule has 3 atom stereocenters. The Bertz CT molecular complexity index is 2790. The highest BCUT2D eigenvalue weighted by molar-refractivity contribution is 6.32. The first-order valence-corrected chi connectivity index (χ1v) is 22.8. The van der Waals surface area contributed by atoms with Crippen molar-refractivity contribution in [2.24, 2.45) is 0 Å². The van der Waals surface area contributed by atoms with Crippen LogP contribution in [0.15, 0.2) is 84.9 Å². The summed E-state index contributed by atoms with van der Waals surface area (Å²) in [6.07, 6.45) is 1.53. The smallest absolute Gasteiger partial charge is 0.407 e. The number of nitrogens with zero attached hydrogens (tertiary/aromatic N) is 4. The molecule has 67 heavy (non-hydrogen) atoms. The maximum absolute atomic E-state index is 14.1. The van der Waals surface area contributed by atoms with E-state index in [1.807, 2.05) is 67.6 Å². The summed E-state index contributed by atoms with van der Waals surface area (Å²) in [4.78, 5) is 72.6. The van der Waals surface area contributed by atoms with Gasteiger partial charge in [-0.25, -0.2) is 19.6 Å². The van der Waals surface area contributed by atoms with Gasteiger partial charge < -0.3 is 49.3 Å². The van der Waals surface area contributed by atoms with Crippen molar-refractivity contribution in [3.05, 3.63) is 129 Å². The van der Waals surface area contributed by atoms with E-state index >= 15 is 0 Å². The van der Waals surface area contributed by atoms with E-state index in [0.717, 1.165) is 47.1 Å². The monoisotopic (exact) mass is 946 g/mol. The summed E-state index contributed by atoms with van der Waals surface area (Å²) < 4.78 is 22.6. The van der Waals surface area contributed by atoms with Crippen LogP contribution < -0.4 is 20.1 Å². The normalized spacial score (nSPS) is 15.4.